The average Bonchev–Trinajstić information content (AvgIpc) is 2.01. The summed E-state index contributed by atoms with van der Waals surface area (Å²) in [5, 5.41) is 0. The molecule has 2 atom stereocenters. The van der Waals surface area contributed by atoms with Crippen LogP contribution in [-0.4, -0.2) is 18.5 Å². The Hall–Kier alpha value is 0.230. The van der Waals surface area contributed by atoms with Crippen LogP contribution in [0.3, 0.4) is 0 Å². The Morgan fingerprint density at radius 2 is 2.15 bits per heavy atom. The van der Waals surface area contributed by atoms with Crippen molar-refractivity contribution in [1.29, 1.82) is 0 Å². The first kappa shape index (κ1) is 11.3. The number of hydrogen-bond donors (Lipinski definition) is 0. The van der Waals surface area contributed by atoms with Crippen LogP contribution in [0.5, 0.6) is 0 Å². The SMILES string of the molecule is CC(C)CCP1(=O)CCCC(C)C1. The van der Waals surface area contributed by atoms with E-state index in [9.17, 15) is 4.57 Å². The maximum Gasteiger partial charge on any atom is 0.0880 e. The molecule has 0 aromatic heterocycles. The second kappa shape index (κ2) is 4.64. The van der Waals surface area contributed by atoms with Gasteiger partial charge in [-0.25, -0.2) is 0 Å². The van der Waals surface area contributed by atoms with E-state index in [1.165, 1.54) is 12.8 Å². The summed E-state index contributed by atoms with van der Waals surface area (Å²) in [6.45, 7) is 6.69. The zero-order chi connectivity index (χ0) is 9.90. The standard InChI is InChI=1S/C11H23OP/c1-10(2)6-8-13(12)7-4-5-11(3)9-13/h10-11H,4-9H2,1-3H3. The van der Waals surface area contributed by atoms with Crippen molar-refractivity contribution in [3.63, 3.8) is 0 Å². The first-order valence-corrected chi connectivity index (χ1v) is 7.85. The lowest BCUT2D eigenvalue weighted by molar-refractivity contribution is 0.505. The molecule has 1 rings (SSSR count). The van der Waals surface area contributed by atoms with Crippen molar-refractivity contribution in [2.24, 2.45) is 11.8 Å². The monoisotopic (exact) mass is 202 g/mol. The molecular formula is C11H23OP. The zero-order valence-electron chi connectivity index (χ0n) is 9.25. The molecule has 0 aromatic carbocycles. The molecule has 0 radical (unpaired) electrons. The maximum atomic E-state index is 12.3. The lowest BCUT2D eigenvalue weighted by atomic mass is 10.1. The van der Waals surface area contributed by atoms with Crippen LogP contribution < -0.4 is 0 Å². The van der Waals surface area contributed by atoms with Crippen LogP contribution >= 0.6 is 7.14 Å². The Bertz CT molecular complexity index is 198. The van der Waals surface area contributed by atoms with Crippen molar-refractivity contribution >= 4 is 7.14 Å². The molecule has 1 fully saturated rings. The Morgan fingerprint density at radius 3 is 2.69 bits per heavy atom. The van der Waals surface area contributed by atoms with Gasteiger partial charge in [0.25, 0.3) is 0 Å². The van der Waals surface area contributed by atoms with Crippen molar-refractivity contribution in [3.05, 3.63) is 0 Å². The smallest absolute Gasteiger partial charge is 0.0880 e. The van der Waals surface area contributed by atoms with E-state index in [-0.39, 0.29) is 0 Å². The molecule has 1 nitrogen and oxygen atoms in total. The second-order valence-electron chi connectivity index (χ2n) is 5.12. The van der Waals surface area contributed by atoms with Gasteiger partial charge in [-0.05, 0) is 31.1 Å². The van der Waals surface area contributed by atoms with Crippen LogP contribution in [0, 0.1) is 11.8 Å². The van der Waals surface area contributed by atoms with Gasteiger partial charge in [-0.15, -0.1) is 0 Å². The van der Waals surface area contributed by atoms with Gasteiger partial charge in [-0.2, -0.15) is 0 Å². The summed E-state index contributed by atoms with van der Waals surface area (Å²) in [5.41, 5.74) is 0. The lowest BCUT2D eigenvalue weighted by Crippen LogP contribution is -2.15. The first-order valence-electron chi connectivity index (χ1n) is 5.59. The minimum Gasteiger partial charge on any atom is -0.324 e. The Kier molecular flexibility index (Phi) is 4.04. The maximum absolute atomic E-state index is 12.3. The largest absolute Gasteiger partial charge is 0.324 e. The van der Waals surface area contributed by atoms with Gasteiger partial charge >= 0.3 is 0 Å². The normalized spacial score (nSPS) is 35.2. The molecule has 1 aliphatic heterocycles. The molecule has 0 aliphatic carbocycles. The minimum atomic E-state index is -1.72. The van der Waals surface area contributed by atoms with Gasteiger partial charge in [0.05, 0.1) is 7.14 Å². The van der Waals surface area contributed by atoms with E-state index in [0.717, 1.165) is 24.9 Å². The molecular weight excluding hydrogens is 179 g/mol. The molecule has 0 bridgehead atoms. The highest BCUT2D eigenvalue weighted by Gasteiger charge is 2.28. The molecule has 78 valence electrons. The highest BCUT2D eigenvalue weighted by Crippen LogP contribution is 2.52. The molecule has 2 unspecified atom stereocenters. The highest BCUT2D eigenvalue weighted by atomic mass is 31.2. The summed E-state index contributed by atoms with van der Waals surface area (Å²) in [4.78, 5) is 0. The van der Waals surface area contributed by atoms with Crippen LogP contribution in [0.25, 0.3) is 0 Å². The van der Waals surface area contributed by atoms with Crippen LogP contribution in [-0.2, 0) is 4.57 Å². The summed E-state index contributed by atoms with van der Waals surface area (Å²) < 4.78 is 12.3. The van der Waals surface area contributed by atoms with E-state index < -0.39 is 7.14 Å². The summed E-state index contributed by atoms with van der Waals surface area (Å²) in [6.07, 6.45) is 6.73. The van der Waals surface area contributed by atoms with E-state index in [2.05, 4.69) is 20.8 Å². The third kappa shape index (κ3) is 3.85. The van der Waals surface area contributed by atoms with Crippen LogP contribution in [0.15, 0.2) is 0 Å². The molecule has 2 heteroatoms. The number of rotatable bonds is 3. The molecule has 0 aromatic rings. The van der Waals surface area contributed by atoms with E-state index in [1.54, 1.807) is 0 Å². The van der Waals surface area contributed by atoms with Gasteiger partial charge in [0.1, 0.15) is 0 Å². The molecule has 0 spiro atoms. The van der Waals surface area contributed by atoms with Crippen molar-refractivity contribution in [1.82, 2.24) is 0 Å². The van der Waals surface area contributed by atoms with Gasteiger partial charge in [0.15, 0.2) is 0 Å². The minimum absolute atomic E-state index is 0.711. The Balaban J connectivity index is 2.40. The van der Waals surface area contributed by atoms with Gasteiger partial charge < -0.3 is 4.57 Å². The van der Waals surface area contributed by atoms with Gasteiger partial charge in [-0.1, -0.05) is 20.8 Å². The third-order valence-corrected chi connectivity index (χ3v) is 6.51. The fourth-order valence-electron chi connectivity index (χ4n) is 2.18. The molecule has 1 heterocycles. The van der Waals surface area contributed by atoms with Gasteiger partial charge in [0, 0.05) is 18.5 Å². The third-order valence-electron chi connectivity index (χ3n) is 3.02. The zero-order valence-corrected chi connectivity index (χ0v) is 10.1. The van der Waals surface area contributed by atoms with Crippen molar-refractivity contribution < 1.29 is 4.57 Å². The fourth-order valence-corrected chi connectivity index (χ4v) is 5.83. The van der Waals surface area contributed by atoms with E-state index in [0.29, 0.717) is 11.8 Å². The van der Waals surface area contributed by atoms with Gasteiger partial charge in [-0.3, -0.25) is 0 Å². The molecule has 13 heavy (non-hydrogen) atoms. The van der Waals surface area contributed by atoms with Crippen molar-refractivity contribution in [2.75, 3.05) is 18.5 Å². The molecule has 1 saturated heterocycles. The Labute approximate surface area is 82.7 Å². The Morgan fingerprint density at radius 1 is 1.46 bits per heavy atom. The fraction of sp³-hybridized carbons (Fsp3) is 1.00. The van der Waals surface area contributed by atoms with Gasteiger partial charge in [0.2, 0.25) is 0 Å². The number of hydrogen-bond acceptors (Lipinski definition) is 1. The predicted molar refractivity (Wildman–Crippen MR) is 60.1 cm³/mol. The quantitative estimate of drug-likeness (QED) is 0.636. The van der Waals surface area contributed by atoms with Crippen LogP contribution in [0.1, 0.15) is 40.0 Å². The van der Waals surface area contributed by atoms with Crippen molar-refractivity contribution in [3.8, 4) is 0 Å². The summed E-state index contributed by atoms with van der Waals surface area (Å²) in [7, 11) is -1.72. The summed E-state index contributed by atoms with van der Waals surface area (Å²) >= 11 is 0. The topological polar surface area (TPSA) is 17.1 Å². The molecule has 1 aliphatic rings. The first-order chi connectivity index (χ1) is 6.02. The molecule has 0 N–H and O–H groups in total. The van der Waals surface area contributed by atoms with E-state index in [1.807, 2.05) is 0 Å². The van der Waals surface area contributed by atoms with Crippen molar-refractivity contribution in [2.45, 2.75) is 40.0 Å². The van der Waals surface area contributed by atoms with E-state index in [4.69, 9.17) is 0 Å². The van der Waals surface area contributed by atoms with E-state index >= 15 is 0 Å². The van der Waals surface area contributed by atoms with Crippen LogP contribution in [0.2, 0.25) is 0 Å². The van der Waals surface area contributed by atoms with Crippen LogP contribution in [0.4, 0.5) is 0 Å². The summed E-state index contributed by atoms with van der Waals surface area (Å²) in [6, 6.07) is 0. The predicted octanol–water partition coefficient (Wildman–Crippen LogP) is 3.83. The average molecular weight is 202 g/mol. The lowest BCUT2D eigenvalue weighted by Gasteiger charge is -2.27. The molecule has 0 saturated carbocycles. The highest BCUT2D eigenvalue weighted by molar-refractivity contribution is 7.64. The molecule has 0 amide bonds. The summed E-state index contributed by atoms with van der Waals surface area (Å²) in [5.74, 6) is 1.43. The second-order valence-corrected chi connectivity index (χ2v) is 8.49.